The number of carbonyl (C=O) groups excluding carboxylic acids is 1. The van der Waals surface area contributed by atoms with E-state index in [0.717, 1.165) is 36.1 Å². The van der Waals surface area contributed by atoms with Gasteiger partial charge in [-0.15, -0.1) is 0 Å². The maximum atomic E-state index is 12.8. The molecule has 2 aromatic rings. The van der Waals surface area contributed by atoms with Crippen molar-refractivity contribution in [3.8, 4) is 17.3 Å². The summed E-state index contributed by atoms with van der Waals surface area (Å²) in [5.74, 6) is -0.219. The van der Waals surface area contributed by atoms with Crippen molar-refractivity contribution in [1.29, 1.82) is 5.26 Å². The summed E-state index contributed by atoms with van der Waals surface area (Å²) in [6, 6.07) is 9.58. The second-order valence-corrected chi connectivity index (χ2v) is 7.54. The van der Waals surface area contributed by atoms with E-state index in [0.29, 0.717) is 11.3 Å². The van der Waals surface area contributed by atoms with Gasteiger partial charge in [0.05, 0.1) is 29.0 Å². The Bertz CT molecular complexity index is 850. The number of carbonyl (C=O) groups is 1. The quantitative estimate of drug-likeness (QED) is 0.865. The number of aromatic nitrogens is 2. The lowest BCUT2D eigenvalue weighted by atomic mass is 9.93. The number of amides is 1. The van der Waals surface area contributed by atoms with E-state index in [1.54, 1.807) is 26.0 Å². The lowest BCUT2D eigenvalue weighted by Gasteiger charge is -2.27. The molecule has 136 valence electrons. The van der Waals surface area contributed by atoms with Crippen molar-refractivity contribution < 1.29 is 9.90 Å². The summed E-state index contributed by atoms with van der Waals surface area (Å²) in [4.78, 5) is 12.8. The minimum atomic E-state index is -0.971. The van der Waals surface area contributed by atoms with E-state index in [1.807, 2.05) is 23.7 Å². The van der Waals surface area contributed by atoms with Gasteiger partial charge in [0.25, 0.3) is 5.91 Å². The van der Waals surface area contributed by atoms with E-state index in [9.17, 15) is 9.90 Å². The number of aliphatic hydroxyl groups is 1. The number of rotatable bonds is 5. The van der Waals surface area contributed by atoms with Gasteiger partial charge < -0.3 is 10.4 Å². The van der Waals surface area contributed by atoms with Crippen molar-refractivity contribution in [2.45, 2.75) is 51.7 Å². The number of nitrogens with one attached hydrogen (secondary N) is 1. The molecule has 0 radical (unpaired) electrons. The standard InChI is InChI=1S/C20H24N4O2/c1-13-17(15-9-7-14(11-21)8-10-15)23-24(16-5-4-6-16)18(13)19(25)22-12-20(2,3)26/h7-10,16,26H,4-6,12H2,1-3H3,(H,22,25). The number of hydrogen-bond acceptors (Lipinski definition) is 4. The molecular formula is C20H24N4O2. The van der Waals surface area contributed by atoms with E-state index < -0.39 is 5.60 Å². The average Bonchev–Trinajstić information content (AvgIpc) is 2.87. The molecule has 1 aromatic heterocycles. The molecule has 1 aromatic carbocycles. The lowest BCUT2D eigenvalue weighted by molar-refractivity contribution is 0.0685. The van der Waals surface area contributed by atoms with Crippen LogP contribution in [0, 0.1) is 18.3 Å². The fraction of sp³-hybridized carbons (Fsp3) is 0.450. The smallest absolute Gasteiger partial charge is 0.269 e. The van der Waals surface area contributed by atoms with Gasteiger partial charge in [0, 0.05) is 17.7 Å². The molecule has 1 heterocycles. The summed E-state index contributed by atoms with van der Waals surface area (Å²) in [7, 11) is 0. The van der Waals surface area contributed by atoms with Crippen molar-refractivity contribution in [2.75, 3.05) is 6.54 Å². The summed E-state index contributed by atoms with van der Waals surface area (Å²) in [6.45, 7) is 5.39. The molecule has 0 aliphatic heterocycles. The zero-order valence-corrected chi connectivity index (χ0v) is 15.4. The summed E-state index contributed by atoms with van der Waals surface area (Å²) in [5.41, 5.74) is 2.63. The maximum Gasteiger partial charge on any atom is 0.269 e. The number of hydrogen-bond donors (Lipinski definition) is 2. The van der Waals surface area contributed by atoms with Crippen LogP contribution < -0.4 is 5.32 Å². The topological polar surface area (TPSA) is 90.9 Å². The molecule has 1 aliphatic carbocycles. The largest absolute Gasteiger partial charge is 0.389 e. The summed E-state index contributed by atoms with van der Waals surface area (Å²) >= 11 is 0. The first kappa shape index (κ1) is 18.2. The third kappa shape index (κ3) is 3.63. The van der Waals surface area contributed by atoms with E-state index in [1.165, 1.54) is 0 Å². The molecule has 0 spiro atoms. The molecule has 1 fully saturated rings. The van der Waals surface area contributed by atoms with E-state index >= 15 is 0 Å². The van der Waals surface area contributed by atoms with Crippen molar-refractivity contribution >= 4 is 5.91 Å². The molecule has 2 N–H and O–H groups in total. The molecule has 1 aliphatic rings. The van der Waals surface area contributed by atoms with Crippen molar-refractivity contribution in [3.05, 3.63) is 41.1 Å². The first-order chi connectivity index (χ1) is 12.3. The molecule has 26 heavy (non-hydrogen) atoms. The van der Waals surface area contributed by atoms with Crippen LogP contribution >= 0.6 is 0 Å². The van der Waals surface area contributed by atoms with Crippen LogP contribution in [0.25, 0.3) is 11.3 Å². The molecule has 6 nitrogen and oxygen atoms in total. The first-order valence-electron chi connectivity index (χ1n) is 8.90. The van der Waals surface area contributed by atoms with E-state index in [4.69, 9.17) is 10.4 Å². The number of nitriles is 1. The maximum absolute atomic E-state index is 12.8. The number of nitrogens with zero attached hydrogens (tertiary/aromatic N) is 3. The van der Waals surface area contributed by atoms with Crippen LogP contribution in [0.1, 0.15) is 60.8 Å². The van der Waals surface area contributed by atoms with Crippen LogP contribution in [0.4, 0.5) is 0 Å². The van der Waals surface area contributed by atoms with Crippen molar-refractivity contribution in [2.24, 2.45) is 0 Å². The van der Waals surface area contributed by atoms with Gasteiger partial charge in [0.15, 0.2) is 0 Å². The minimum absolute atomic E-state index is 0.174. The van der Waals surface area contributed by atoms with Gasteiger partial charge in [-0.25, -0.2) is 0 Å². The molecule has 0 saturated heterocycles. The van der Waals surface area contributed by atoms with Gasteiger partial charge in [0.1, 0.15) is 5.69 Å². The van der Waals surface area contributed by atoms with Gasteiger partial charge in [0.2, 0.25) is 0 Å². The van der Waals surface area contributed by atoms with E-state index in [-0.39, 0.29) is 18.5 Å². The first-order valence-corrected chi connectivity index (χ1v) is 8.90. The van der Waals surface area contributed by atoms with Crippen LogP contribution in [-0.4, -0.2) is 32.9 Å². The summed E-state index contributed by atoms with van der Waals surface area (Å²) in [5, 5.41) is 26.4. The average molecular weight is 352 g/mol. The molecule has 1 saturated carbocycles. The highest BCUT2D eigenvalue weighted by Gasteiger charge is 2.29. The van der Waals surface area contributed by atoms with Crippen molar-refractivity contribution in [1.82, 2.24) is 15.1 Å². The monoisotopic (exact) mass is 352 g/mol. The zero-order valence-electron chi connectivity index (χ0n) is 15.4. The normalized spacial score (nSPS) is 14.6. The Morgan fingerprint density at radius 2 is 2.04 bits per heavy atom. The highest BCUT2D eigenvalue weighted by atomic mass is 16.3. The number of benzene rings is 1. The van der Waals surface area contributed by atoms with Crippen LogP contribution in [0.2, 0.25) is 0 Å². The Morgan fingerprint density at radius 3 is 2.54 bits per heavy atom. The molecule has 3 rings (SSSR count). The fourth-order valence-corrected chi connectivity index (χ4v) is 3.04. The summed E-state index contributed by atoms with van der Waals surface area (Å²) in [6.07, 6.45) is 3.17. The molecule has 1 amide bonds. The Hall–Kier alpha value is -2.65. The van der Waals surface area contributed by atoms with Crippen LogP contribution in [0.5, 0.6) is 0 Å². The van der Waals surface area contributed by atoms with Crippen LogP contribution in [0.3, 0.4) is 0 Å². The SMILES string of the molecule is Cc1c(-c2ccc(C#N)cc2)nn(C2CCC2)c1C(=O)NCC(C)(C)O. The molecular weight excluding hydrogens is 328 g/mol. The minimum Gasteiger partial charge on any atom is -0.389 e. The zero-order chi connectivity index (χ0) is 18.9. The van der Waals surface area contributed by atoms with Gasteiger partial charge in [-0.1, -0.05) is 12.1 Å². The lowest BCUT2D eigenvalue weighted by Crippen LogP contribution is -2.39. The van der Waals surface area contributed by atoms with Gasteiger partial charge >= 0.3 is 0 Å². The molecule has 0 unspecified atom stereocenters. The second kappa shape index (κ2) is 6.93. The van der Waals surface area contributed by atoms with Crippen molar-refractivity contribution in [3.63, 3.8) is 0 Å². The third-order valence-corrected chi connectivity index (χ3v) is 4.75. The van der Waals surface area contributed by atoms with E-state index in [2.05, 4.69) is 11.4 Å². The highest BCUT2D eigenvalue weighted by molar-refractivity contribution is 5.95. The Balaban J connectivity index is 1.98. The Labute approximate surface area is 153 Å². The molecule has 6 heteroatoms. The predicted molar refractivity (Wildman–Crippen MR) is 98.6 cm³/mol. The van der Waals surface area contributed by atoms with Gasteiger partial charge in [-0.05, 0) is 52.2 Å². The second-order valence-electron chi connectivity index (χ2n) is 7.54. The molecule has 0 bridgehead atoms. The van der Waals surface area contributed by atoms with Crippen LogP contribution in [0.15, 0.2) is 24.3 Å². The van der Waals surface area contributed by atoms with Gasteiger partial charge in [-0.3, -0.25) is 9.48 Å². The fourth-order valence-electron chi connectivity index (χ4n) is 3.04. The van der Waals surface area contributed by atoms with Gasteiger partial charge in [-0.2, -0.15) is 10.4 Å². The van der Waals surface area contributed by atoms with Crippen LogP contribution in [-0.2, 0) is 0 Å². The Kier molecular flexibility index (Phi) is 4.84. The predicted octanol–water partition coefficient (Wildman–Crippen LogP) is 2.96. The molecule has 0 atom stereocenters. The Morgan fingerprint density at radius 1 is 1.38 bits per heavy atom. The third-order valence-electron chi connectivity index (χ3n) is 4.75. The highest BCUT2D eigenvalue weighted by Crippen LogP contribution is 2.35. The summed E-state index contributed by atoms with van der Waals surface area (Å²) < 4.78 is 1.84.